The third-order valence-electron chi connectivity index (χ3n) is 7.08. The maximum atomic E-state index is 13.2. The van der Waals surface area contributed by atoms with Gasteiger partial charge in [-0.3, -0.25) is 4.79 Å². The number of aryl methyl sites for hydroxylation is 1. The summed E-state index contributed by atoms with van der Waals surface area (Å²) in [5.41, 5.74) is 4.07. The lowest BCUT2D eigenvalue weighted by Crippen LogP contribution is -2.43. The van der Waals surface area contributed by atoms with Crippen LogP contribution >= 0.6 is 0 Å². The standard InChI is InChI=1S/C27H32N4O3/c1-19-3-6-23(17-25(19)29-27(33)30(2)24-11-15-34-16-12-24)26(32)31-13-9-22(10-14-31)21-7-4-20(18-28)5-8-21/h3-8,17,22,24H,9-16H2,1-2H3,(H,29,33). The predicted molar refractivity (Wildman–Crippen MR) is 131 cm³/mol. The normalized spacial score (nSPS) is 17.1. The number of carbonyl (C=O) groups excluding carboxylic acids is 2. The molecular formula is C27H32N4O3. The molecule has 0 atom stereocenters. The van der Waals surface area contributed by atoms with Crippen LogP contribution in [0.25, 0.3) is 0 Å². The molecule has 2 aromatic carbocycles. The van der Waals surface area contributed by atoms with Gasteiger partial charge in [0.25, 0.3) is 5.91 Å². The van der Waals surface area contributed by atoms with Crippen molar-refractivity contribution >= 4 is 17.6 Å². The minimum Gasteiger partial charge on any atom is -0.381 e. The molecule has 4 rings (SSSR count). The van der Waals surface area contributed by atoms with Crippen LogP contribution in [0.2, 0.25) is 0 Å². The van der Waals surface area contributed by atoms with Crippen LogP contribution in [0.4, 0.5) is 10.5 Å². The number of amides is 3. The van der Waals surface area contributed by atoms with Gasteiger partial charge in [-0.2, -0.15) is 5.26 Å². The van der Waals surface area contributed by atoms with Gasteiger partial charge in [0.05, 0.1) is 11.6 Å². The van der Waals surface area contributed by atoms with Crippen LogP contribution in [0.15, 0.2) is 42.5 Å². The molecule has 7 heteroatoms. The number of anilines is 1. The van der Waals surface area contributed by atoms with E-state index in [-0.39, 0.29) is 18.0 Å². The Balaban J connectivity index is 1.37. The average molecular weight is 461 g/mol. The highest BCUT2D eigenvalue weighted by molar-refractivity contribution is 5.97. The molecule has 2 aliphatic rings. The van der Waals surface area contributed by atoms with Crippen LogP contribution in [0.5, 0.6) is 0 Å². The number of nitrogens with one attached hydrogen (secondary N) is 1. The third kappa shape index (κ3) is 5.40. The van der Waals surface area contributed by atoms with Crippen LogP contribution in [-0.2, 0) is 4.74 Å². The van der Waals surface area contributed by atoms with E-state index in [9.17, 15) is 9.59 Å². The van der Waals surface area contributed by atoms with E-state index in [1.807, 2.05) is 55.3 Å². The Morgan fingerprint density at radius 2 is 1.74 bits per heavy atom. The van der Waals surface area contributed by atoms with Gasteiger partial charge in [-0.05, 0) is 73.9 Å². The van der Waals surface area contributed by atoms with E-state index in [1.54, 1.807) is 11.0 Å². The van der Waals surface area contributed by atoms with Gasteiger partial charge in [0.2, 0.25) is 0 Å². The number of likely N-dealkylation sites (tertiary alicyclic amines) is 1. The summed E-state index contributed by atoms with van der Waals surface area (Å²) in [7, 11) is 1.81. The van der Waals surface area contributed by atoms with Crippen molar-refractivity contribution in [3.05, 3.63) is 64.7 Å². The lowest BCUT2D eigenvalue weighted by molar-refractivity contribution is 0.0544. The minimum absolute atomic E-state index is 0.00781. The number of nitrogens with zero attached hydrogens (tertiary/aromatic N) is 3. The van der Waals surface area contributed by atoms with E-state index in [0.717, 1.165) is 31.2 Å². The third-order valence-corrected chi connectivity index (χ3v) is 7.08. The van der Waals surface area contributed by atoms with Crippen molar-refractivity contribution in [2.75, 3.05) is 38.7 Å². The van der Waals surface area contributed by atoms with E-state index >= 15 is 0 Å². The summed E-state index contributed by atoms with van der Waals surface area (Å²) >= 11 is 0. The Hall–Kier alpha value is -3.37. The van der Waals surface area contributed by atoms with E-state index < -0.39 is 0 Å². The highest BCUT2D eigenvalue weighted by Gasteiger charge is 2.26. The Morgan fingerprint density at radius 1 is 1.06 bits per heavy atom. The maximum absolute atomic E-state index is 13.2. The number of hydrogen-bond donors (Lipinski definition) is 1. The maximum Gasteiger partial charge on any atom is 0.321 e. The lowest BCUT2D eigenvalue weighted by Gasteiger charge is -2.33. The average Bonchev–Trinajstić information content (AvgIpc) is 2.89. The number of nitriles is 1. The summed E-state index contributed by atoms with van der Waals surface area (Å²) in [6, 6.07) is 15.4. The minimum atomic E-state index is -0.164. The highest BCUT2D eigenvalue weighted by atomic mass is 16.5. The second kappa shape index (κ2) is 10.7. The molecule has 7 nitrogen and oxygen atoms in total. The topological polar surface area (TPSA) is 85.7 Å². The molecule has 2 aromatic rings. The number of piperidine rings is 1. The molecule has 0 bridgehead atoms. The molecule has 2 fully saturated rings. The summed E-state index contributed by atoms with van der Waals surface area (Å²) in [5, 5.41) is 12.0. The first kappa shape index (κ1) is 23.8. The van der Waals surface area contributed by atoms with Gasteiger partial charge >= 0.3 is 6.03 Å². The molecule has 2 saturated heterocycles. The first-order valence-electron chi connectivity index (χ1n) is 12.0. The highest BCUT2D eigenvalue weighted by Crippen LogP contribution is 2.29. The van der Waals surface area contributed by atoms with Gasteiger partial charge in [-0.25, -0.2) is 4.79 Å². The van der Waals surface area contributed by atoms with E-state index in [0.29, 0.717) is 49.0 Å². The summed E-state index contributed by atoms with van der Waals surface area (Å²) in [5.74, 6) is 0.386. The zero-order valence-corrected chi connectivity index (χ0v) is 19.9. The Morgan fingerprint density at radius 3 is 2.38 bits per heavy atom. The number of ether oxygens (including phenoxy) is 1. The van der Waals surface area contributed by atoms with Crippen molar-refractivity contribution in [3.8, 4) is 6.07 Å². The van der Waals surface area contributed by atoms with Crippen molar-refractivity contribution < 1.29 is 14.3 Å². The number of benzene rings is 2. The zero-order chi connectivity index (χ0) is 24.1. The second-order valence-corrected chi connectivity index (χ2v) is 9.21. The zero-order valence-electron chi connectivity index (χ0n) is 19.9. The Bertz CT molecular complexity index is 1060. The van der Waals surface area contributed by atoms with Gasteiger partial charge in [0, 0.05) is 50.6 Å². The number of hydrogen-bond acceptors (Lipinski definition) is 4. The molecule has 1 N–H and O–H groups in total. The molecular weight excluding hydrogens is 428 g/mol. The molecule has 0 unspecified atom stereocenters. The van der Waals surface area contributed by atoms with Crippen LogP contribution in [0.1, 0.15) is 58.6 Å². The van der Waals surface area contributed by atoms with Crippen molar-refractivity contribution in [2.24, 2.45) is 0 Å². The molecule has 2 aliphatic heterocycles. The summed E-state index contributed by atoms with van der Waals surface area (Å²) in [4.78, 5) is 29.7. The molecule has 0 radical (unpaired) electrons. The first-order chi connectivity index (χ1) is 16.5. The molecule has 0 spiro atoms. The quantitative estimate of drug-likeness (QED) is 0.726. The molecule has 178 valence electrons. The smallest absolute Gasteiger partial charge is 0.321 e. The molecule has 2 heterocycles. The number of carbonyl (C=O) groups is 2. The fourth-order valence-corrected chi connectivity index (χ4v) is 4.76. The van der Waals surface area contributed by atoms with Gasteiger partial charge in [-0.1, -0.05) is 18.2 Å². The number of urea groups is 1. The molecule has 0 saturated carbocycles. The molecule has 34 heavy (non-hydrogen) atoms. The van der Waals surface area contributed by atoms with Crippen molar-refractivity contribution in [2.45, 2.75) is 44.6 Å². The SMILES string of the molecule is Cc1ccc(C(=O)N2CCC(c3ccc(C#N)cc3)CC2)cc1NC(=O)N(C)C1CCOCC1. The van der Waals surface area contributed by atoms with E-state index in [4.69, 9.17) is 10.00 Å². The lowest BCUT2D eigenvalue weighted by atomic mass is 9.89. The van der Waals surface area contributed by atoms with E-state index in [1.165, 1.54) is 5.56 Å². The summed E-state index contributed by atoms with van der Waals surface area (Å²) < 4.78 is 5.40. The van der Waals surface area contributed by atoms with Gasteiger partial charge in [0.15, 0.2) is 0 Å². The van der Waals surface area contributed by atoms with E-state index in [2.05, 4.69) is 11.4 Å². The fraction of sp³-hybridized carbons (Fsp3) is 0.444. The monoisotopic (exact) mass is 460 g/mol. The Kier molecular flexibility index (Phi) is 7.49. The largest absolute Gasteiger partial charge is 0.381 e. The number of rotatable bonds is 4. The van der Waals surface area contributed by atoms with Crippen molar-refractivity contribution in [3.63, 3.8) is 0 Å². The van der Waals surface area contributed by atoms with Gasteiger partial charge in [0.1, 0.15) is 0 Å². The summed E-state index contributed by atoms with van der Waals surface area (Å²) in [6.45, 7) is 4.65. The fourth-order valence-electron chi connectivity index (χ4n) is 4.76. The molecule has 0 aliphatic carbocycles. The van der Waals surface area contributed by atoms with Crippen LogP contribution < -0.4 is 5.32 Å². The second-order valence-electron chi connectivity index (χ2n) is 9.21. The Labute approximate surface area is 201 Å². The van der Waals surface area contributed by atoms with Crippen LogP contribution in [0.3, 0.4) is 0 Å². The first-order valence-corrected chi connectivity index (χ1v) is 12.0. The van der Waals surface area contributed by atoms with Crippen molar-refractivity contribution in [1.82, 2.24) is 9.80 Å². The van der Waals surface area contributed by atoms with Crippen LogP contribution in [0, 0.1) is 18.3 Å². The van der Waals surface area contributed by atoms with Gasteiger partial charge < -0.3 is 19.9 Å². The van der Waals surface area contributed by atoms with Gasteiger partial charge in [-0.15, -0.1) is 0 Å². The van der Waals surface area contributed by atoms with Crippen molar-refractivity contribution in [1.29, 1.82) is 5.26 Å². The predicted octanol–water partition coefficient (Wildman–Crippen LogP) is 4.53. The molecule has 3 amide bonds. The molecule has 0 aromatic heterocycles. The van der Waals surface area contributed by atoms with Crippen LogP contribution in [-0.4, -0.2) is 61.1 Å². The summed E-state index contributed by atoms with van der Waals surface area (Å²) in [6.07, 6.45) is 3.45.